The lowest BCUT2D eigenvalue weighted by atomic mass is 10.1. The van der Waals surface area contributed by atoms with Crippen molar-refractivity contribution in [2.75, 3.05) is 18.4 Å². The molecule has 0 saturated heterocycles. The van der Waals surface area contributed by atoms with Crippen molar-refractivity contribution >= 4 is 39.3 Å². The van der Waals surface area contributed by atoms with Crippen molar-refractivity contribution in [3.8, 4) is 0 Å². The molecule has 2 aromatic carbocycles. The molecule has 0 spiro atoms. The molecular formula is C19H20ClNO6S. The van der Waals surface area contributed by atoms with Gasteiger partial charge < -0.3 is 9.47 Å². The minimum atomic E-state index is -4.04. The van der Waals surface area contributed by atoms with Crippen LogP contribution in [0, 0.1) is 6.92 Å². The van der Waals surface area contributed by atoms with Gasteiger partial charge in [0.25, 0.3) is 10.0 Å². The Hall–Kier alpha value is -2.58. The van der Waals surface area contributed by atoms with Gasteiger partial charge in [-0.1, -0.05) is 24.6 Å². The maximum absolute atomic E-state index is 12.8. The van der Waals surface area contributed by atoms with E-state index in [1.807, 2.05) is 6.92 Å². The summed E-state index contributed by atoms with van der Waals surface area (Å²) in [5.41, 5.74) is 0.688. The van der Waals surface area contributed by atoms with Gasteiger partial charge in [-0.3, -0.25) is 4.72 Å². The number of hydrogen-bond acceptors (Lipinski definition) is 6. The lowest BCUT2D eigenvalue weighted by Gasteiger charge is -2.15. The monoisotopic (exact) mass is 425 g/mol. The number of esters is 2. The smallest absolute Gasteiger partial charge is 0.341 e. The first-order valence-corrected chi connectivity index (χ1v) is 10.2. The van der Waals surface area contributed by atoms with Gasteiger partial charge in [-0.25, -0.2) is 18.0 Å². The predicted octanol–water partition coefficient (Wildman–Crippen LogP) is 3.80. The van der Waals surface area contributed by atoms with Gasteiger partial charge in [0.2, 0.25) is 0 Å². The van der Waals surface area contributed by atoms with E-state index in [0.717, 1.165) is 0 Å². The average Bonchev–Trinajstić information content (AvgIpc) is 2.68. The van der Waals surface area contributed by atoms with Gasteiger partial charge in [0, 0.05) is 0 Å². The van der Waals surface area contributed by atoms with Crippen LogP contribution in [0.4, 0.5) is 5.69 Å². The second kappa shape index (κ2) is 9.07. The number of nitrogens with one attached hydrogen (secondary N) is 1. The number of ether oxygens (including phenoxy) is 2. The maximum atomic E-state index is 12.8. The molecule has 0 aromatic heterocycles. The topological polar surface area (TPSA) is 98.8 Å². The maximum Gasteiger partial charge on any atom is 0.341 e. The number of hydrogen-bond donors (Lipinski definition) is 1. The van der Waals surface area contributed by atoms with Crippen LogP contribution in [-0.2, 0) is 19.5 Å². The van der Waals surface area contributed by atoms with Gasteiger partial charge >= 0.3 is 11.9 Å². The Morgan fingerprint density at radius 3 is 2.29 bits per heavy atom. The first-order valence-electron chi connectivity index (χ1n) is 8.38. The van der Waals surface area contributed by atoms with Crippen molar-refractivity contribution in [2.24, 2.45) is 0 Å². The van der Waals surface area contributed by atoms with Crippen LogP contribution in [0.15, 0.2) is 41.3 Å². The van der Waals surface area contributed by atoms with E-state index in [9.17, 15) is 18.0 Å². The van der Waals surface area contributed by atoms with Crippen molar-refractivity contribution in [2.45, 2.75) is 25.2 Å². The lowest BCUT2D eigenvalue weighted by Crippen LogP contribution is -2.18. The first-order chi connectivity index (χ1) is 13.2. The molecule has 9 heteroatoms. The quantitative estimate of drug-likeness (QED) is 0.677. The van der Waals surface area contributed by atoms with Crippen LogP contribution < -0.4 is 4.72 Å². The molecule has 0 radical (unpaired) electrons. The molecule has 1 N–H and O–H groups in total. The number of carbonyl (C=O) groups is 2. The van der Waals surface area contributed by atoms with Gasteiger partial charge in [0.15, 0.2) is 0 Å². The highest BCUT2D eigenvalue weighted by Crippen LogP contribution is 2.30. The van der Waals surface area contributed by atoms with Crippen LogP contribution in [0.5, 0.6) is 0 Å². The normalized spacial score (nSPS) is 11.0. The summed E-state index contributed by atoms with van der Waals surface area (Å²) in [7, 11) is -2.87. The van der Waals surface area contributed by atoms with E-state index in [2.05, 4.69) is 4.72 Å². The molecule has 0 aliphatic carbocycles. The summed E-state index contributed by atoms with van der Waals surface area (Å²) in [6.07, 6.45) is 0.684. The van der Waals surface area contributed by atoms with E-state index in [1.165, 1.54) is 37.4 Å². The van der Waals surface area contributed by atoms with E-state index in [-0.39, 0.29) is 33.3 Å². The number of rotatable bonds is 7. The summed E-state index contributed by atoms with van der Waals surface area (Å²) in [6, 6.07) is 8.35. The minimum absolute atomic E-state index is 0.0331. The van der Waals surface area contributed by atoms with Crippen LogP contribution in [0.3, 0.4) is 0 Å². The summed E-state index contributed by atoms with van der Waals surface area (Å²) >= 11 is 6.06. The van der Waals surface area contributed by atoms with E-state index >= 15 is 0 Å². The largest absolute Gasteiger partial charge is 0.465 e. The average molecular weight is 426 g/mol. The zero-order valence-corrected chi connectivity index (χ0v) is 17.2. The van der Waals surface area contributed by atoms with Crippen molar-refractivity contribution in [3.63, 3.8) is 0 Å². The Balaban J connectivity index is 2.36. The number of halogens is 1. The fourth-order valence-electron chi connectivity index (χ4n) is 2.36. The molecule has 0 unspecified atom stereocenters. The van der Waals surface area contributed by atoms with Gasteiger partial charge in [0.05, 0.1) is 34.9 Å². The predicted molar refractivity (Wildman–Crippen MR) is 105 cm³/mol. The van der Waals surface area contributed by atoms with E-state index in [0.29, 0.717) is 12.0 Å². The zero-order chi connectivity index (χ0) is 20.9. The minimum Gasteiger partial charge on any atom is -0.465 e. The highest BCUT2D eigenvalue weighted by atomic mass is 35.5. The van der Waals surface area contributed by atoms with E-state index in [1.54, 1.807) is 13.0 Å². The third-order valence-corrected chi connectivity index (χ3v) is 5.51. The standard InChI is InChI=1S/C19H20ClNO6S/c1-4-11-27-18(22)13-6-8-14(9-7-13)28(24,25)21-17-12(2)5-10-15(20)16(17)19(23)26-3/h5-10,21H,4,11H2,1-3H3. The Morgan fingerprint density at radius 1 is 1.07 bits per heavy atom. The van der Waals surface area contributed by atoms with Crippen molar-refractivity contribution in [1.29, 1.82) is 0 Å². The molecule has 0 aliphatic rings. The van der Waals surface area contributed by atoms with Crippen LogP contribution in [0.25, 0.3) is 0 Å². The number of sulfonamides is 1. The molecule has 0 heterocycles. The van der Waals surface area contributed by atoms with Crippen LogP contribution in [-0.4, -0.2) is 34.1 Å². The number of methoxy groups -OCH3 is 1. The van der Waals surface area contributed by atoms with E-state index < -0.39 is 22.0 Å². The molecule has 2 rings (SSSR count). The molecule has 0 fully saturated rings. The molecule has 0 amide bonds. The molecule has 7 nitrogen and oxygen atoms in total. The van der Waals surface area contributed by atoms with Crippen LogP contribution in [0.2, 0.25) is 5.02 Å². The number of carbonyl (C=O) groups excluding carboxylic acids is 2. The molecule has 0 bridgehead atoms. The third-order valence-electron chi connectivity index (χ3n) is 3.83. The molecule has 2 aromatic rings. The summed E-state index contributed by atoms with van der Waals surface area (Å²) < 4.78 is 37.6. The molecule has 0 aliphatic heterocycles. The molecule has 0 saturated carbocycles. The van der Waals surface area contributed by atoms with Gasteiger partial charge in [-0.15, -0.1) is 0 Å². The molecule has 0 atom stereocenters. The lowest BCUT2D eigenvalue weighted by molar-refractivity contribution is 0.0504. The van der Waals surface area contributed by atoms with Crippen LogP contribution in [0.1, 0.15) is 39.6 Å². The molecule has 150 valence electrons. The SMILES string of the molecule is CCCOC(=O)c1ccc(S(=O)(=O)Nc2c(C)ccc(Cl)c2C(=O)OC)cc1. The summed E-state index contributed by atoms with van der Waals surface area (Å²) in [5, 5.41) is 0.0594. The van der Waals surface area contributed by atoms with Crippen molar-refractivity contribution < 1.29 is 27.5 Å². The van der Waals surface area contributed by atoms with Crippen molar-refractivity contribution in [1.82, 2.24) is 0 Å². The second-order valence-corrected chi connectivity index (χ2v) is 7.96. The van der Waals surface area contributed by atoms with Gasteiger partial charge in [-0.05, 0) is 49.2 Å². The Labute approximate surface area is 168 Å². The fraction of sp³-hybridized carbons (Fsp3) is 0.263. The number of anilines is 1. The Kier molecular flexibility index (Phi) is 7.04. The highest BCUT2D eigenvalue weighted by Gasteiger charge is 2.23. The van der Waals surface area contributed by atoms with Gasteiger partial charge in [0.1, 0.15) is 5.56 Å². The number of aryl methyl sites for hydroxylation is 1. The second-order valence-electron chi connectivity index (χ2n) is 5.87. The van der Waals surface area contributed by atoms with Crippen LogP contribution >= 0.6 is 11.6 Å². The third kappa shape index (κ3) is 4.82. The van der Waals surface area contributed by atoms with Gasteiger partial charge in [-0.2, -0.15) is 0 Å². The van der Waals surface area contributed by atoms with Crippen molar-refractivity contribution in [3.05, 3.63) is 58.1 Å². The zero-order valence-electron chi connectivity index (χ0n) is 15.6. The Morgan fingerprint density at radius 2 is 1.71 bits per heavy atom. The fourth-order valence-corrected chi connectivity index (χ4v) is 3.73. The summed E-state index contributed by atoms with van der Waals surface area (Å²) in [5.74, 6) is -1.29. The highest BCUT2D eigenvalue weighted by molar-refractivity contribution is 7.92. The van der Waals surface area contributed by atoms with E-state index in [4.69, 9.17) is 21.1 Å². The Bertz CT molecular complexity index is 986. The number of benzene rings is 2. The summed E-state index contributed by atoms with van der Waals surface area (Å²) in [6.45, 7) is 3.78. The summed E-state index contributed by atoms with van der Waals surface area (Å²) in [4.78, 5) is 23.8. The first kappa shape index (κ1) is 21.7. The molecule has 28 heavy (non-hydrogen) atoms. The molecular weight excluding hydrogens is 406 g/mol.